The van der Waals surface area contributed by atoms with Crippen LogP contribution in [-0.2, 0) is 6.42 Å². The first-order valence-corrected chi connectivity index (χ1v) is 8.34. The summed E-state index contributed by atoms with van der Waals surface area (Å²) in [5, 5.41) is 10.6. The van der Waals surface area contributed by atoms with Crippen molar-refractivity contribution < 1.29 is 0 Å². The molecule has 6 nitrogen and oxygen atoms in total. The Kier molecular flexibility index (Phi) is 7.58. The molecule has 0 spiro atoms. The van der Waals surface area contributed by atoms with Gasteiger partial charge in [-0.3, -0.25) is 9.98 Å². The Morgan fingerprint density at radius 3 is 2.67 bits per heavy atom. The Hall–Kier alpha value is -2.05. The quantitative estimate of drug-likeness (QED) is 0.399. The maximum atomic E-state index is 6.05. The molecule has 2 aromatic rings. The molecule has 24 heavy (non-hydrogen) atoms. The monoisotopic (exact) mass is 366 g/mol. The Balaban J connectivity index is 1.66. The number of guanidine groups is 1. The van der Waals surface area contributed by atoms with Gasteiger partial charge in [0.05, 0.1) is 10.0 Å². The highest BCUT2D eigenvalue weighted by atomic mass is 35.5. The summed E-state index contributed by atoms with van der Waals surface area (Å²) >= 11 is 11.9. The maximum Gasteiger partial charge on any atom is 0.191 e. The lowest BCUT2D eigenvalue weighted by atomic mass is 10.3. The van der Waals surface area contributed by atoms with Gasteiger partial charge in [-0.25, -0.2) is 4.98 Å². The fourth-order valence-electron chi connectivity index (χ4n) is 1.98. The predicted octanol–water partition coefficient (Wildman–Crippen LogP) is 2.60. The van der Waals surface area contributed by atoms with E-state index in [1.165, 1.54) is 0 Å². The minimum absolute atomic E-state index is 0.500. The average Bonchev–Trinajstić information content (AvgIpc) is 2.59. The molecule has 0 fully saturated rings. The summed E-state index contributed by atoms with van der Waals surface area (Å²) in [5.41, 5.74) is 1.05. The number of rotatable bonds is 7. The highest BCUT2D eigenvalue weighted by Gasteiger charge is 2.02. The zero-order chi connectivity index (χ0) is 17.2. The van der Waals surface area contributed by atoms with Crippen LogP contribution in [0.15, 0.2) is 41.7 Å². The van der Waals surface area contributed by atoms with Crippen LogP contribution in [0.5, 0.6) is 0 Å². The van der Waals surface area contributed by atoms with Crippen LogP contribution in [0.4, 0.5) is 5.82 Å². The molecule has 0 amide bonds. The molecule has 0 saturated heterocycles. The Labute approximate surface area is 151 Å². The fraction of sp³-hybridized carbons (Fsp3) is 0.312. The van der Waals surface area contributed by atoms with E-state index in [2.05, 4.69) is 30.9 Å². The number of hydrogen-bond donors (Lipinski definition) is 3. The third-order valence-corrected chi connectivity index (χ3v) is 3.64. The molecule has 0 bridgehead atoms. The zero-order valence-corrected chi connectivity index (χ0v) is 14.9. The summed E-state index contributed by atoms with van der Waals surface area (Å²) < 4.78 is 0. The second-order valence-electron chi connectivity index (χ2n) is 4.91. The van der Waals surface area contributed by atoms with E-state index in [0.717, 1.165) is 24.6 Å². The van der Waals surface area contributed by atoms with Gasteiger partial charge < -0.3 is 16.0 Å². The molecule has 0 radical (unpaired) electrons. The number of nitrogens with one attached hydrogen (secondary N) is 3. The largest absolute Gasteiger partial charge is 0.367 e. The third-order valence-electron chi connectivity index (χ3n) is 3.14. The van der Waals surface area contributed by atoms with Gasteiger partial charge >= 0.3 is 0 Å². The lowest BCUT2D eigenvalue weighted by Crippen LogP contribution is -2.40. The Morgan fingerprint density at radius 2 is 1.96 bits per heavy atom. The molecule has 8 heteroatoms. The summed E-state index contributed by atoms with van der Waals surface area (Å²) in [6.45, 7) is 2.08. The molecule has 0 aliphatic carbocycles. The molecule has 2 aromatic heterocycles. The van der Waals surface area contributed by atoms with E-state index in [-0.39, 0.29) is 0 Å². The van der Waals surface area contributed by atoms with Gasteiger partial charge in [0.25, 0.3) is 0 Å². The highest BCUT2D eigenvalue weighted by molar-refractivity contribution is 6.35. The van der Waals surface area contributed by atoms with Gasteiger partial charge in [0.15, 0.2) is 5.96 Å². The van der Waals surface area contributed by atoms with Crippen molar-refractivity contribution in [3.63, 3.8) is 0 Å². The number of aromatic nitrogens is 2. The normalized spacial score (nSPS) is 11.2. The molecular weight excluding hydrogens is 347 g/mol. The van der Waals surface area contributed by atoms with Crippen molar-refractivity contribution in [3.05, 3.63) is 52.4 Å². The van der Waals surface area contributed by atoms with E-state index < -0.39 is 0 Å². The van der Waals surface area contributed by atoms with Crippen LogP contribution >= 0.6 is 23.2 Å². The van der Waals surface area contributed by atoms with Gasteiger partial charge in [-0.2, -0.15) is 0 Å². The molecule has 0 atom stereocenters. The molecule has 0 aromatic carbocycles. The molecular formula is C16H20Cl2N6. The Morgan fingerprint density at radius 1 is 1.12 bits per heavy atom. The van der Waals surface area contributed by atoms with Crippen LogP contribution in [0.3, 0.4) is 0 Å². The van der Waals surface area contributed by atoms with E-state index in [0.29, 0.717) is 29.0 Å². The second kappa shape index (κ2) is 9.95. The van der Waals surface area contributed by atoms with Gasteiger partial charge in [-0.15, -0.1) is 0 Å². The first-order chi connectivity index (χ1) is 11.7. The predicted molar refractivity (Wildman–Crippen MR) is 100 cm³/mol. The molecule has 2 heterocycles. The van der Waals surface area contributed by atoms with Crippen LogP contribution in [0, 0.1) is 0 Å². The van der Waals surface area contributed by atoms with E-state index in [9.17, 15) is 0 Å². The molecule has 128 valence electrons. The topological polar surface area (TPSA) is 74.2 Å². The van der Waals surface area contributed by atoms with Crippen molar-refractivity contribution >= 4 is 35.0 Å². The van der Waals surface area contributed by atoms with Gasteiger partial charge in [0.1, 0.15) is 5.82 Å². The first kappa shape index (κ1) is 18.3. The molecule has 0 saturated carbocycles. The van der Waals surface area contributed by atoms with Crippen molar-refractivity contribution in [1.82, 2.24) is 20.6 Å². The second-order valence-corrected chi connectivity index (χ2v) is 5.75. The number of pyridine rings is 2. The standard InChI is InChI=1S/C16H20Cl2N6/c1-19-16(22-7-5-13-4-2-3-6-20-13)23-9-8-21-15-14(18)10-12(17)11-24-15/h2-4,6,10-11H,5,7-9H2,1H3,(H,21,24)(H2,19,22,23). The van der Waals surface area contributed by atoms with Crippen molar-refractivity contribution in [2.24, 2.45) is 4.99 Å². The third kappa shape index (κ3) is 6.22. The molecule has 0 unspecified atom stereocenters. The summed E-state index contributed by atoms with van der Waals surface area (Å²) in [5.74, 6) is 1.35. The molecule has 0 aliphatic heterocycles. The smallest absolute Gasteiger partial charge is 0.191 e. The first-order valence-electron chi connectivity index (χ1n) is 7.58. The van der Waals surface area contributed by atoms with Crippen LogP contribution in [-0.4, -0.2) is 42.6 Å². The number of halogens is 2. The minimum Gasteiger partial charge on any atom is -0.367 e. The number of aliphatic imine (C=N–C) groups is 1. The van der Waals surface area contributed by atoms with E-state index in [1.807, 2.05) is 18.2 Å². The molecule has 3 N–H and O–H groups in total. The lowest BCUT2D eigenvalue weighted by molar-refractivity contribution is 0.787. The summed E-state index contributed by atoms with van der Waals surface area (Å²) in [7, 11) is 1.74. The molecule has 2 rings (SSSR count). The lowest BCUT2D eigenvalue weighted by Gasteiger charge is -2.12. The van der Waals surface area contributed by atoms with Crippen molar-refractivity contribution in [1.29, 1.82) is 0 Å². The van der Waals surface area contributed by atoms with Crippen LogP contribution in [0.1, 0.15) is 5.69 Å². The van der Waals surface area contributed by atoms with Crippen LogP contribution in [0.2, 0.25) is 10.0 Å². The maximum absolute atomic E-state index is 6.05. The van der Waals surface area contributed by atoms with E-state index in [1.54, 1.807) is 25.5 Å². The van der Waals surface area contributed by atoms with Crippen molar-refractivity contribution in [3.8, 4) is 0 Å². The summed E-state index contributed by atoms with van der Waals surface area (Å²) in [4.78, 5) is 12.6. The van der Waals surface area contributed by atoms with Crippen molar-refractivity contribution in [2.45, 2.75) is 6.42 Å². The van der Waals surface area contributed by atoms with E-state index >= 15 is 0 Å². The fourth-order valence-corrected chi connectivity index (χ4v) is 2.43. The van der Waals surface area contributed by atoms with Crippen LogP contribution < -0.4 is 16.0 Å². The number of nitrogens with zero attached hydrogens (tertiary/aromatic N) is 3. The SMILES string of the molecule is CN=C(NCCNc1ncc(Cl)cc1Cl)NCCc1ccccn1. The summed E-state index contributed by atoms with van der Waals surface area (Å²) in [6, 6.07) is 7.55. The summed E-state index contributed by atoms with van der Waals surface area (Å²) in [6.07, 6.45) is 4.19. The number of hydrogen-bond acceptors (Lipinski definition) is 4. The Bertz CT molecular complexity index is 663. The van der Waals surface area contributed by atoms with Crippen LogP contribution in [0.25, 0.3) is 0 Å². The zero-order valence-electron chi connectivity index (χ0n) is 13.4. The number of anilines is 1. The minimum atomic E-state index is 0.500. The van der Waals surface area contributed by atoms with Crippen molar-refractivity contribution in [2.75, 3.05) is 32.0 Å². The van der Waals surface area contributed by atoms with Gasteiger partial charge in [-0.1, -0.05) is 29.3 Å². The van der Waals surface area contributed by atoms with Gasteiger partial charge in [-0.05, 0) is 18.2 Å². The van der Waals surface area contributed by atoms with Gasteiger partial charge in [0.2, 0.25) is 0 Å². The van der Waals surface area contributed by atoms with E-state index in [4.69, 9.17) is 23.2 Å². The average molecular weight is 367 g/mol. The van der Waals surface area contributed by atoms with Gasteiger partial charge in [0, 0.05) is 51.2 Å². The molecule has 0 aliphatic rings. The highest BCUT2D eigenvalue weighted by Crippen LogP contribution is 2.21.